The first kappa shape index (κ1) is 19.1. The van der Waals surface area contributed by atoms with E-state index in [1.165, 1.54) is 18.2 Å². The van der Waals surface area contributed by atoms with E-state index < -0.39 is 5.91 Å². The summed E-state index contributed by atoms with van der Waals surface area (Å²) in [6.45, 7) is 3.35. The molecule has 25 heavy (non-hydrogen) atoms. The number of hydrogen-bond donors (Lipinski definition) is 2. The van der Waals surface area contributed by atoms with Crippen LogP contribution in [-0.4, -0.2) is 26.2 Å². The SMILES string of the molecule is COc1cc(CNCCc2cccc(C)c2)cc(Cl)c1OCC(N)=O. The molecule has 0 heterocycles. The number of benzene rings is 2. The predicted octanol–water partition coefficient (Wildman–Crippen LogP) is 2.85. The maximum absolute atomic E-state index is 10.9. The summed E-state index contributed by atoms with van der Waals surface area (Å²) in [5.74, 6) is 0.232. The summed E-state index contributed by atoms with van der Waals surface area (Å²) in [4.78, 5) is 10.9. The van der Waals surface area contributed by atoms with Gasteiger partial charge in [-0.05, 0) is 43.1 Å². The maximum atomic E-state index is 10.9. The highest BCUT2D eigenvalue weighted by Gasteiger charge is 2.13. The van der Waals surface area contributed by atoms with Crippen molar-refractivity contribution in [1.82, 2.24) is 5.32 Å². The van der Waals surface area contributed by atoms with Gasteiger partial charge in [-0.25, -0.2) is 0 Å². The van der Waals surface area contributed by atoms with Crippen LogP contribution < -0.4 is 20.5 Å². The van der Waals surface area contributed by atoms with Crippen LogP contribution in [0, 0.1) is 6.92 Å². The van der Waals surface area contributed by atoms with Gasteiger partial charge in [0.05, 0.1) is 12.1 Å². The van der Waals surface area contributed by atoms with Crippen molar-refractivity contribution in [3.8, 4) is 11.5 Å². The Morgan fingerprint density at radius 1 is 1.24 bits per heavy atom. The van der Waals surface area contributed by atoms with E-state index >= 15 is 0 Å². The molecule has 0 bridgehead atoms. The second-order valence-electron chi connectivity index (χ2n) is 5.78. The summed E-state index contributed by atoms with van der Waals surface area (Å²) in [6.07, 6.45) is 0.951. The van der Waals surface area contributed by atoms with E-state index in [9.17, 15) is 4.79 Å². The fraction of sp³-hybridized carbons (Fsp3) is 0.316. The molecule has 2 aromatic rings. The minimum Gasteiger partial charge on any atom is -0.493 e. The molecule has 0 radical (unpaired) electrons. The zero-order valence-corrected chi connectivity index (χ0v) is 15.2. The van der Waals surface area contributed by atoms with Gasteiger partial charge >= 0.3 is 0 Å². The summed E-state index contributed by atoms with van der Waals surface area (Å²) < 4.78 is 10.6. The van der Waals surface area contributed by atoms with Gasteiger partial charge in [-0.15, -0.1) is 0 Å². The molecule has 0 atom stereocenters. The lowest BCUT2D eigenvalue weighted by Crippen LogP contribution is -2.20. The molecule has 2 aromatic carbocycles. The molecule has 0 saturated heterocycles. The zero-order valence-electron chi connectivity index (χ0n) is 14.5. The van der Waals surface area contributed by atoms with Gasteiger partial charge in [0.15, 0.2) is 18.1 Å². The number of carbonyl (C=O) groups is 1. The van der Waals surface area contributed by atoms with E-state index in [2.05, 4.69) is 36.5 Å². The molecule has 134 valence electrons. The molecular weight excluding hydrogens is 340 g/mol. The Balaban J connectivity index is 1.93. The van der Waals surface area contributed by atoms with Crippen molar-refractivity contribution in [2.75, 3.05) is 20.3 Å². The number of hydrogen-bond acceptors (Lipinski definition) is 4. The van der Waals surface area contributed by atoms with Crippen LogP contribution in [0.5, 0.6) is 11.5 Å². The smallest absolute Gasteiger partial charge is 0.255 e. The molecule has 0 aliphatic carbocycles. The van der Waals surface area contributed by atoms with Crippen molar-refractivity contribution in [2.24, 2.45) is 5.73 Å². The highest BCUT2D eigenvalue weighted by atomic mass is 35.5. The Labute approximate surface area is 153 Å². The van der Waals surface area contributed by atoms with Gasteiger partial charge in [0.1, 0.15) is 0 Å². The third-order valence-corrected chi connectivity index (χ3v) is 3.93. The van der Waals surface area contributed by atoms with Crippen molar-refractivity contribution < 1.29 is 14.3 Å². The van der Waals surface area contributed by atoms with Gasteiger partial charge in [0.25, 0.3) is 5.91 Å². The molecule has 0 saturated carbocycles. The van der Waals surface area contributed by atoms with Crippen LogP contribution in [0.2, 0.25) is 5.02 Å². The number of nitrogens with one attached hydrogen (secondary N) is 1. The van der Waals surface area contributed by atoms with E-state index in [4.69, 9.17) is 26.8 Å². The fourth-order valence-electron chi connectivity index (χ4n) is 2.49. The van der Waals surface area contributed by atoms with Crippen LogP contribution in [0.4, 0.5) is 0 Å². The summed E-state index contributed by atoms with van der Waals surface area (Å²) in [7, 11) is 1.53. The largest absolute Gasteiger partial charge is 0.493 e. The number of nitrogens with two attached hydrogens (primary N) is 1. The molecule has 0 aliphatic heterocycles. The first-order valence-corrected chi connectivity index (χ1v) is 8.41. The third kappa shape index (κ3) is 5.96. The van der Waals surface area contributed by atoms with Crippen LogP contribution in [0.3, 0.4) is 0 Å². The normalized spacial score (nSPS) is 10.5. The van der Waals surface area contributed by atoms with Crippen LogP contribution in [0.15, 0.2) is 36.4 Å². The Bertz CT molecular complexity index is 735. The minimum absolute atomic E-state index is 0.246. The lowest BCUT2D eigenvalue weighted by Gasteiger charge is -2.14. The summed E-state index contributed by atoms with van der Waals surface area (Å²) >= 11 is 6.24. The number of amides is 1. The van der Waals surface area contributed by atoms with Crippen molar-refractivity contribution in [1.29, 1.82) is 0 Å². The van der Waals surface area contributed by atoms with Gasteiger partial charge in [-0.3, -0.25) is 4.79 Å². The molecule has 0 aliphatic rings. The highest BCUT2D eigenvalue weighted by molar-refractivity contribution is 6.32. The lowest BCUT2D eigenvalue weighted by atomic mass is 10.1. The van der Waals surface area contributed by atoms with Gasteiger partial charge in [0, 0.05) is 6.54 Å². The van der Waals surface area contributed by atoms with E-state index in [-0.39, 0.29) is 6.61 Å². The molecule has 6 heteroatoms. The second-order valence-corrected chi connectivity index (χ2v) is 6.19. The van der Waals surface area contributed by atoms with E-state index in [0.717, 1.165) is 18.5 Å². The summed E-state index contributed by atoms with van der Waals surface area (Å²) in [5.41, 5.74) is 8.63. The zero-order chi connectivity index (χ0) is 18.2. The number of halogens is 1. The van der Waals surface area contributed by atoms with E-state index in [0.29, 0.717) is 23.1 Å². The topological polar surface area (TPSA) is 73.6 Å². The first-order chi connectivity index (χ1) is 12.0. The molecule has 5 nitrogen and oxygen atoms in total. The first-order valence-electron chi connectivity index (χ1n) is 8.03. The van der Waals surface area contributed by atoms with Crippen molar-refractivity contribution in [3.63, 3.8) is 0 Å². The van der Waals surface area contributed by atoms with Gasteiger partial charge in [0.2, 0.25) is 0 Å². The monoisotopic (exact) mass is 362 g/mol. The van der Waals surface area contributed by atoms with Crippen LogP contribution in [0.25, 0.3) is 0 Å². The molecule has 0 unspecified atom stereocenters. The summed E-state index contributed by atoms with van der Waals surface area (Å²) in [6, 6.07) is 12.1. The second kappa shape index (κ2) is 9.30. The van der Waals surface area contributed by atoms with Crippen molar-refractivity contribution in [2.45, 2.75) is 19.9 Å². The number of rotatable bonds is 9. The Hall–Kier alpha value is -2.24. The van der Waals surface area contributed by atoms with Gasteiger partial charge < -0.3 is 20.5 Å². The van der Waals surface area contributed by atoms with Crippen LogP contribution >= 0.6 is 11.6 Å². The Morgan fingerprint density at radius 2 is 2.04 bits per heavy atom. The Kier molecular flexibility index (Phi) is 7.10. The molecule has 2 rings (SSSR count). The molecule has 3 N–H and O–H groups in total. The van der Waals surface area contributed by atoms with E-state index in [1.807, 2.05) is 6.07 Å². The third-order valence-electron chi connectivity index (χ3n) is 3.65. The van der Waals surface area contributed by atoms with E-state index in [1.54, 1.807) is 6.07 Å². The fourth-order valence-corrected chi connectivity index (χ4v) is 2.78. The summed E-state index contributed by atoms with van der Waals surface area (Å²) in [5, 5.41) is 3.77. The number of aryl methyl sites for hydroxylation is 1. The van der Waals surface area contributed by atoms with Crippen LogP contribution in [0.1, 0.15) is 16.7 Å². The maximum Gasteiger partial charge on any atom is 0.255 e. The molecule has 0 fully saturated rings. The average molecular weight is 363 g/mol. The molecular formula is C19H23ClN2O3. The quantitative estimate of drug-likeness (QED) is 0.673. The minimum atomic E-state index is -0.569. The standard InChI is InChI=1S/C19H23ClN2O3/c1-13-4-3-5-14(8-13)6-7-22-11-15-9-16(20)19(17(10-15)24-2)25-12-18(21)23/h3-5,8-10,22H,6-7,11-12H2,1-2H3,(H2,21,23). The van der Waals surface area contributed by atoms with Crippen molar-refractivity contribution >= 4 is 17.5 Å². The van der Waals surface area contributed by atoms with Crippen molar-refractivity contribution in [3.05, 3.63) is 58.1 Å². The number of ether oxygens (including phenoxy) is 2. The predicted molar refractivity (Wildman–Crippen MR) is 99.3 cm³/mol. The highest BCUT2D eigenvalue weighted by Crippen LogP contribution is 2.36. The van der Waals surface area contributed by atoms with Gasteiger partial charge in [-0.2, -0.15) is 0 Å². The lowest BCUT2D eigenvalue weighted by molar-refractivity contribution is -0.119. The Morgan fingerprint density at radius 3 is 2.72 bits per heavy atom. The molecule has 0 spiro atoms. The van der Waals surface area contributed by atoms with Crippen LogP contribution in [-0.2, 0) is 17.8 Å². The number of methoxy groups -OCH3 is 1. The number of primary amides is 1. The average Bonchev–Trinajstić information content (AvgIpc) is 2.57. The van der Waals surface area contributed by atoms with Gasteiger partial charge in [-0.1, -0.05) is 41.4 Å². The number of carbonyl (C=O) groups excluding carboxylic acids is 1. The molecule has 1 amide bonds. The molecule has 0 aromatic heterocycles.